The Labute approximate surface area is 81.1 Å². The molecule has 2 aromatic heterocycles. The third kappa shape index (κ3) is 1.16. The highest BCUT2D eigenvalue weighted by Crippen LogP contribution is 2.13. The third-order valence-corrected chi connectivity index (χ3v) is 2.15. The topological polar surface area (TPSA) is 43.6 Å². The van der Waals surface area contributed by atoms with Gasteiger partial charge in [0.25, 0.3) is 0 Å². The summed E-state index contributed by atoms with van der Waals surface area (Å²) in [5.74, 6) is -0.337. The molecule has 0 atom stereocenters. The van der Waals surface area contributed by atoms with Crippen LogP contribution in [0.4, 0.5) is 0 Å². The highest BCUT2D eigenvalue weighted by Gasteiger charge is 2.11. The molecule has 2 aromatic rings. The molecule has 14 heavy (non-hydrogen) atoms. The number of hydrogen-bond acceptors (Lipinski definition) is 3. The van der Waals surface area contributed by atoms with Gasteiger partial charge in [0, 0.05) is 5.69 Å². The summed E-state index contributed by atoms with van der Waals surface area (Å²) in [6, 6.07) is 5.38. The number of pyridine rings is 1. The van der Waals surface area contributed by atoms with Gasteiger partial charge in [0.2, 0.25) is 0 Å². The number of fused-ring (bicyclic) bond motifs is 1. The molecule has 4 nitrogen and oxygen atoms in total. The van der Waals surface area contributed by atoms with Crippen LogP contribution in [0.1, 0.15) is 16.1 Å². The SMILES string of the molecule is COC(=O)c1ccc(C)n2nccc12. The van der Waals surface area contributed by atoms with Gasteiger partial charge in [-0.25, -0.2) is 9.31 Å². The summed E-state index contributed by atoms with van der Waals surface area (Å²) in [6.45, 7) is 1.93. The average Bonchev–Trinajstić information content (AvgIpc) is 2.67. The molecule has 0 aliphatic carbocycles. The van der Waals surface area contributed by atoms with Crippen molar-refractivity contribution in [2.45, 2.75) is 6.92 Å². The minimum absolute atomic E-state index is 0.337. The van der Waals surface area contributed by atoms with E-state index in [9.17, 15) is 4.79 Å². The van der Waals surface area contributed by atoms with E-state index in [-0.39, 0.29) is 5.97 Å². The largest absolute Gasteiger partial charge is 0.465 e. The second-order valence-electron chi connectivity index (χ2n) is 3.01. The maximum atomic E-state index is 11.4. The number of hydrogen-bond donors (Lipinski definition) is 0. The molecule has 0 fully saturated rings. The van der Waals surface area contributed by atoms with Crippen LogP contribution >= 0.6 is 0 Å². The molecule has 0 unspecified atom stereocenters. The molecule has 2 rings (SSSR count). The Morgan fingerprint density at radius 3 is 2.93 bits per heavy atom. The van der Waals surface area contributed by atoms with Crippen LogP contribution in [0.5, 0.6) is 0 Å². The first-order chi connectivity index (χ1) is 6.74. The normalized spacial score (nSPS) is 10.4. The van der Waals surface area contributed by atoms with E-state index in [1.807, 2.05) is 13.0 Å². The number of ether oxygens (including phenoxy) is 1. The maximum absolute atomic E-state index is 11.4. The zero-order valence-corrected chi connectivity index (χ0v) is 8.02. The van der Waals surface area contributed by atoms with Gasteiger partial charge in [-0.1, -0.05) is 0 Å². The van der Waals surface area contributed by atoms with E-state index >= 15 is 0 Å². The van der Waals surface area contributed by atoms with Crippen LogP contribution < -0.4 is 0 Å². The van der Waals surface area contributed by atoms with E-state index in [4.69, 9.17) is 0 Å². The van der Waals surface area contributed by atoms with Crippen molar-refractivity contribution >= 4 is 11.5 Å². The molecule has 0 saturated carbocycles. The first-order valence-electron chi connectivity index (χ1n) is 4.25. The minimum atomic E-state index is -0.337. The summed E-state index contributed by atoms with van der Waals surface area (Å²) >= 11 is 0. The molecule has 0 aliphatic rings. The zero-order valence-electron chi connectivity index (χ0n) is 8.02. The van der Waals surface area contributed by atoms with Crippen LogP contribution in [0, 0.1) is 6.92 Å². The van der Waals surface area contributed by atoms with E-state index in [1.165, 1.54) is 7.11 Å². The van der Waals surface area contributed by atoms with E-state index in [0.717, 1.165) is 11.2 Å². The fraction of sp³-hybridized carbons (Fsp3) is 0.200. The van der Waals surface area contributed by atoms with Crippen LogP contribution in [0.15, 0.2) is 24.4 Å². The fourth-order valence-electron chi connectivity index (χ4n) is 1.43. The smallest absolute Gasteiger partial charge is 0.340 e. The monoisotopic (exact) mass is 190 g/mol. The number of esters is 1. The van der Waals surface area contributed by atoms with E-state index in [1.54, 1.807) is 22.8 Å². The van der Waals surface area contributed by atoms with E-state index < -0.39 is 0 Å². The Morgan fingerprint density at radius 1 is 1.43 bits per heavy atom. The lowest BCUT2D eigenvalue weighted by Gasteiger charge is -2.03. The molecule has 0 aromatic carbocycles. The maximum Gasteiger partial charge on any atom is 0.340 e. The molecule has 2 heterocycles. The Balaban J connectivity index is 2.72. The molecule has 0 radical (unpaired) electrons. The van der Waals surface area contributed by atoms with Crippen molar-refractivity contribution in [2.24, 2.45) is 0 Å². The third-order valence-electron chi connectivity index (χ3n) is 2.15. The molecule has 0 amide bonds. The van der Waals surface area contributed by atoms with Gasteiger partial charge in [-0.15, -0.1) is 0 Å². The summed E-state index contributed by atoms with van der Waals surface area (Å²) in [6.07, 6.45) is 1.66. The second-order valence-corrected chi connectivity index (χ2v) is 3.01. The second kappa shape index (κ2) is 3.14. The lowest BCUT2D eigenvalue weighted by Crippen LogP contribution is -2.05. The van der Waals surface area contributed by atoms with Gasteiger partial charge in [-0.05, 0) is 25.1 Å². The van der Waals surface area contributed by atoms with Gasteiger partial charge in [-0.3, -0.25) is 0 Å². The molecular formula is C10H10N2O2. The van der Waals surface area contributed by atoms with E-state index in [2.05, 4.69) is 9.84 Å². The van der Waals surface area contributed by atoms with Gasteiger partial charge in [0.05, 0.1) is 24.4 Å². The Morgan fingerprint density at radius 2 is 2.21 bits per heavy atom. The van der Waals surface area contributed by atoms with Gasteiger partial charge in [0.15, 0.2) is 0 Å². The minimum Gasteiger partial charge on any atom is -0.465 e. The van der Waals surface area contributed by atoms with Crippen molar-refractivity contribution in [1.82, 2.24) is 9.61 Å². The number of methoxy groups -OCH3 is 1. The molecule has 72 valence electrons. The zero-order chi connectivity index (χ0) is 10.1. The van der Waals surface area contributed by atoms with Crippen LogP contribution in [-0.4, -0.2) is 22.7 Å². The molecular weight excluding hydrogens is 180 g/mol. The summed E-state index contributed by atoms with van der Waals surface area (Å²) in [5.41, 5.74) is 2.30. The molecule has 0 spiro atoms. The summed E-state index contributed by atoms with van der Waals surface area (Å²) in [5, 5.41) is 4.10. The number of aryl methyl sites for hydroxylation is 1. The summed E-state index contributed by atoms with van der Waals surface area (Å²) < 4.78 is 6.39. The quantitative estimate of drug-likeness (QED) is 0.639. The molecule has 0 saturated heterocycles. The Bertz CT molecular complexity index is 488. The molecule has 0 bridgehead atoms. The van der Waals surface area contributed by atoms with Gasteiger partial charge in [-0.2, -0.15) is 5.10 Å². The van der Waals surface area contributed by atoms with Gasteiger partial charge in [0.1, 0.15) is 0 Å². The van der Waals surface area contributed by atoms with Crippen molar-refractivity contribution in [3.63, 3.8) is 0 Å². The molecule has 0 N–H and O–H groups in total. The Kier molecular flexibility index (Phi) is 1.96. The fourth-order valence-corrected chi connectivity index (χ4v) is 1.43. The number of aromatic nitrogens is 2. The number of carbonyl (C=O) groups excluding carboxylic acids is 1. The lowest BCUT2D eigenvalue weighted by molar-refractivity contribution is 0.0602. The van der Waals surface area contributed by atoms with Crippen molar-refractivity contribution in [2.75, 3.05) is 7.11 Å². The molecule has 4 heteroatoms. The van der Waals surface area contributed by atoms with Crippen molar-refractivity contribution in [1.29, 1.82) is 0 Å². The van der Waals surface area contributed by atoms with Crippen molar-refractivity contribution < 1.29 is 9.53 Å². The first-order valence-corrected chi connectivity index (χ1v) is 4.25. The van der Waals surface area contributed by atoms with Crippen molar-refractivity contribution in [3.8, 4) is 0 Å². The Hall–Kier alpha value is -1.84. The average molecular weight is 190 g/mol. The van der Waals surface area contributed by atoms with Crippen LogP contribution in [0.3, 0.4) is 0 Å². The van der Waals surface area contributed by atoms with E-state index in [0.29, 0.717) is 5.56 Å². The highest BCUT2D eigenvalue weighted by atomic mass is 16.5. The number of rotatable bonds is 1. The number of carbonyl (C=O) groups is 1. The van der Waals surface area contributed by atoms with Crippen LogP contribution in [0.25, 0.3) is 5.52 Å². The van der Waals surface area contributed by atoms with Crippen LogP contribution in [-0.2, 0) is 4.74 Å². The lowest BCUT2D eigenvalue weighted by atomic mass is 10.2. The first kappa shape index (κ1) is 8.74. The predicted octanol–water partition coefficient (Wildman–Crippen LogP) is 1.43. The van der Waals surface area contributed by atoms with Crippen LogP contribution in [0.2, 0.25) is 0 Å². The van der Waals surface area contributed by atoms with Gasteiger partial charge >= 0.3 is 5.97 Å². The molecule has 0 aliphatic heterocycles. The highest BCUT2D eigenvalue weighted by molar-refractivity contribution is 5.96. The van der Waals surface area contributed by atoms with Crippen molar-refractivity contribution in [3.05, 3.63) is 35.7 Å². The summed E-state index contributed by atoms with van der Waals surface area (Å²) in [4.78, 5) is 11.4. The summed E-state index contributed by atoms with van der Waals surface area (Å²) in [7, 11) is 1.37. The standard InChI is InChI=1S/C10H10N2O2/c1-7-3-4-8(10(13)14-2)9-5-6-11-12(7)9/h3-6H,1-2H3. The number of nitrogens with zero attached hydrogens (tertiary/aromatic N) is 2. The van der Waals surface area contributed by atoms with Gasteiger partial charge < -0.3 is 4.74 Å². The predicted molar refractivity (Wildman–Crippen MR) is 51.3 cm³/mol.